The van der Waals surface area contributed by atoms with Crippen molar-refractivity contribution in [2.24, 2.45) is 21.1 Å². The molecule has 0 unspecified atom stereocenters. The summed E-state index contributed by atoms with van der Waals surface area (Å²) in [6.07, 6.45) is 6.16. The summed E-state index contributed by atoms with van der Waals surface area (Å²) < 4.78 is 40.2. The fourth-order valence-electron chi connectivity index (χ4n) is 7.19. The van der Waals surface area contributed by atoms with Gasteiger partial charge in [-0.2, -0.15) is 13.2 Å². The number of nitrogens with two attached hydrogens (primary N) is 2. The quantitative estimate of drug-likeness (QED) is 0.133. The molecule has 0 saturated carbocycles. The molecule has 0 aromatic heterocycles. The second-order valence-electron chi connectivity index (χ2n) is 13.3. The van der Waals surface area contributed by atoms with Gasteiger partial charge in [0.1, 0.15) is 12.2 Å². The highest BCUT2D eigenvalue weighted by atomic mass is 19.4. The van der Waals surface area contributed by atoms with Gasteiger partial charge in [0.05, 0.1) is 23.2 Å². The number of benzene rings is 3. The van der Waals surface area contributed by atoms with Crippen molar-refractivity contribution in [1.29, 1.82) is 5.41 Å². The minimum absolute atomic E-state index is 0.0181. The van der Waals surface area contributed by atoms with E-state index in [-0.39, 0.29) is 46.4 Å². The molecule has 0 aliphatic carbocycles. The van der Waals surface area contributed by atoms with Crippen molar-refractivity contribution in [3.8, 4) is 12.3 Å². The number of terminal acetylenes is 1. The molecule has 2 amide bonds. The molecule has 2 fully saturated rings. The van der Waals surface area contributed by atoms with Gasteiger partial charge in [-0.3, -0.25) is 24.9 Å². The molecule has 0 bridgehead atoms. The zero-order valence-electron chi connectivity index (χ0n) is 28.7. The van der Waals surface area contributed by atoms with Crippen LogP contribution < -0.4 is 16.4 Å². The molecule has 1 spiro atoms. The lowest BCUT2D eigenvalue weighted by molar-refractivity contribution is -0.137. The number of hydrogen-bond donors (Lipinski definition) is 3. The number of anilines is 2. The van der Waals surface area contributed by atoms with Crippen molar-refractivity contribution < 1.29 is 22.8 Å². The smallest absolute Gasteiger partial charge is 0.398 e. The molecule has 10 nitrogen and oxygen atoms in total. The SMILES string of the molecule is C#Cc1cc(C(=N)c2cc(N3CC[C@]4(CCN(CC(=O)N5CC=C(c6ccc(C(N)=NC=NC)cc6)CC5)C4)C3=O)ccc2N)ccc1C(F)(F)F. The number of rotatable bonds is 8. The summed E-state index contributed by atoms with van der Waals surface area (Å²) in [4.78, 5) is 40.8. The average molecular weight is 709 g/mol. The summed E-state index contributed by atoms with van der Waals surface area (Å²) in [6.45, 7) is 2.85. The first-order valence-corrected chi connectivity index (χ1v) is 16.9. The Morgan fingerprint density at radius 3 is 2.46 bits per heavy atom. The summed E-state index contributed by atoms with van der Waals surface area (Å²) in [6, 6.07) is 16.0. The van der Waals surface area contributed by atoms with Gasteiger partial charge in [-0.25, -0.2) is 4.99 Å². The molecule has 6 rings (SSSR count). The molecule has 3 aliphatic rings. The van der Waals surface area contributed by atoms with E-state index in [1.165, 1.54) is 12.4 Å². The van der Waals surface area contributed by atoms with Crippen LogP contribution in [0.2, 0.25) is 0 Å². The number of aliphatic imine (C=N–C) groups is 2. The number of amidine groups is 1. The minimum Gasteiger partial charge on any atom is -0.398 e. The van der Waals surface area contributed by atoms with Gasteiger partial charge in [0.15, 0.2) is 0 Å². The van der Waals surface area contributed by atoms with E-state index in [9.17, 15) is 22.8 Å². The van der Waals surface area contributed by atoms with Crippen LogP contribution in [0, 0.1) is 23.2 Å². The lowest BCUT2D eigenvalue weighted by atomic mass is 9.85. The third kappa shape index (κ3) is 7.20. The summed E-state index contributed by atoms with van der Waals surface area (Å²) >= 11 is 0. The normalized spacial score (nSPS) is 19.8. The lowest BCUT2D eigenvalue weighted by Gasteiger charge is -2.29. The van der Waals surface area contributed by atoms with E-state index in [0.717, 1.165) is 35.3 Å². The van der Waals surface area contributed by atoms with Crippen LogP contribution in [0.25, 0.3) is 5.57 Å². The number of likely N-dealkylation sites (tertiary alicyclic amines) is 1. The van der Waals surface area contributed by atoms with Crippen molar-refractivity contribution in [2.75, 3.05) is 56.9 Å². The Morgan fingerprint density at radius 2 is 1.79 bits per heavy atom. The Balaban J connectivity index is 1.07. The third-order valence-corrected chi connectivity index (χ3v) is 10.1. The number of carbonyl (C=O) groups is 2. The van der Waals surface area contributed by atoms with Gasteiger partial charge >= 0.3 is 6.18 Å². The molecular formula is C39H39F3N8O2. The van der Waals surface area contributed by atoms with Crippen molar-refractivity contribution in [2.45, 2.75) is 25.4 Å². The van der Waals surface area contributed by atoms with E-state index in [1.807, 2.05) is 29.2 Å². The number of nitrogen functional groups attached to an aromatic ring is 1. The average Bonchev–Trinajstić information content (AvgIpc) is 3.71. The fraction of sp³-hybridized carbons (Fsp3) is 0.308. The van der Waals surface area contributed by atoms with Gasteiger partial charge in [-0.05, 0) is 67.3 Å². The third-order valence-electron chi connectivity index (χ3n) is 10.1. The van der Waals surface area contributed by atoms with Crippen LogP contribution in [0.15, 0.2) is 76.7 Å². The Hall–Kier alpha value is -5.74. The van der Waals surface area contributed by atoms with Gasteiger partial charge in [0.25, 0.3) is 0 Å². The molecule has 3 aromatic rings. The standard InChI is InChI=1S/C39H39F3N8O2/c1-3-25-20-29(8-10-32(25)39(40,41)42)35(44)31-21-30(9-11-33(31)43)50-19-15-38(37(50)52)14-18-48(23-38)22-34(51)49-16-12-27(13-17-49)26-4-6-28(7-5-26)36(45)47-24-46-2/h1,4-12,20-21,24,44H,13-19,22-23,43H2,2H3,(H2,45,46,47)/t38-/m0/s1. The van der Waals surface area contributed by atoms with E-state index < -0.39 is 17.2 Å². The summed E-state index contributed by atoms with van der Waals surface area (Å²) in [5.74, 6) is 2.41. The van der Waals surface area contributed by atoms with Gasteiger partial charge in [-0.1, -0.05) is 42.3 Å². The molecular weight excluding hydrogens is 669 g/mol. The zero-order valence-corrected chi connectivity index (χ0v) is 28.7. The monoisotopic (exact) mass is 708 g/mol. The highest BCUT2D eigenvalue weighted by Crippen LogP contribution is 2.43. The molecule has 3 heterocycles. The molecule has 13 heteroatoms. The van der Waals surface area contributed by atoms with E-state index in [4.69, 9.17) is 23.3 Å². The van der Waals surface area contributed by atoms with E-state index in [2.05, 4.69) is 26.9 Å². The molecule has 3 aromatic carbocycles. The number of nitrogens with one attached hydrogen (secondary N) is 1. The number of nitrogens with zero attached hydrogens (tertiary/aromatic N) is 5. The number of amides is 2. The largest absolute Gasteiger partial charge is 0.417 e. The van der Waals surface area contributed by atoms with Crippen molar-refractivity contribution in [3.63, 3.8) is 0 Å². The topological polar surface area (TPSA) is 144 Å². The van der Waals surface area contributed by atoms with Crippen LogP contribution in [0.3, 0.4) is 0 Å². The Kier molecular flexibility index (Phi) is 10.0. The molecule has 1 atom stereocenters. The molecule has 52 heavy (non-hydrogen) atoms. The van der Waals surface area contributed by atoms with Crippen LogP contribution in [0.5, 0.6) is 0 Å². The van der Waals surface area contributed by atoms with Crippen molar-refractivity contribution >= 4 is 46.6 Å². The predicted molar refractivity (Wildman–Crippen MR) is 197 cm³/mol. The zero-order chi connectivity index (χ0) is 37.2. The number of hydrogen-bond acceptors (Lipinski definition) is 6. The summed E-state index contributed by atoms with van der Waals surface area (Å²) in [7, 11) is 1.63. The van der Waals surface area contributed by atoms with Crippen LogP contribution in [-0.4, -0.2) is 85.8 Å². The first-order chi connectivity index (χ1) is 24.8. The maximum Gasteiger partial charge on any atom is 0.417 e. The van der Waals surface area contributed by atoms with Crippen LogP contribution in [-0.2, 0) is 15.8 Å². The van der Waals surface area contributed by atoms with Gasteiger partial charge in [-0.15, -0.1) is 6.42 Å². The molecule has 5 N–H and O–H groups in total. The number of carbonyl (C=O) groups excluding carboxylic acids is 2. The van der Waals surface area contributed by atoms with Crippen LogP contribution in [0.4, 0.5) is 24.5 Å². The fourth-order valence-corrected chi connectivity index (χ4v) is 7.19. The van der Waals surface area contributed by atoms with Gasteiger partial charge < -0.3 is 21.3 Å². The molecule has 3 aliphatic heterocycles. The second-order valence-corrected chi connectivity index (χ2v) is 13.3. The second kappa shape index (κ2) is 14.5. The Bertz CT molecular complexity index is 2050. The number of halogens is 3. The lowest BCUT2D eigenvalue weighted by Crippen LogP contribution is -2.43. The van der Waals surface area contributed by atoms with E-state index in [0.29, 0.717) is 57.1 Å². The van der Waals surface area contributed by atoms with Crippen molar-refractivity contribution in [3.05, 3.63) is 100 Å². The van der Waals surface area contributed by atoms with Gasteiger partial charge in [0.2, 0.25) is 11.8 Å². The highest BCUT2D eigenvalue weighted by Gasteiger charge is 2.51. The van der Waals surface area contributed by atoms with Crippen LogP contribution in [0.1, 0.15) is 52.6 Å². The number of alkyl halides is 3. The maximum atomic E-state index is 14.0. The molecule has 2 saturated heterocycles. The predicted octanol–water partition coefficient (Wildman–Crippen LogP) is 4.79. The minimum atomic E-state index is -4.63. The van der Waals surface area contributed by atoms with E-state index in [1.54, 1.807) is 30.1 Å². The van der Waals surface area contributed by atoms with Gasteiger partial charge in [0, 0.05) is 66.9 Å². The summed E-state index contributed by atoms with van der Waals surface area (Å²) in [5.41, 5.74) is 14.4. The molecule has 0 radical (unpaired) electrons. The first-order valence-electron chi connectivity index (χ1n) is 16.9. The van der Waals surface area contributed by atoms with Crippen molar-refractivity contribution in [1.82, 2.24) is 9.80 Å². The van der Waals surface area contributed by atoms with Crippen LogP contribution >= 0.6 is 0 Å². The Morgan fingerprint density at radius 1 is 1.06 bits per heavy atom. The first kappa shape index (κ1) is 36.1. The maximum absolute atomic E-state index is 14.0. The highest BCUT2D eigenvalue weighted by molar-refractivity contribution is 6.15. The molecule has 268 valence electrons. The Labute approximate surface area is 300 Å². The van der Waals surface area contributed by atoms with E-state index >= 15 is 0 Å². The summed E-state index contributed by atoms with van der Waals surface area (Å²) in [5, 5.41) is 8.77.